The Morgan fingerprint density at radius 3 is 2.32 bits per heavy atom. The van der Waals surface area contributed by atoms with E-state index in [-0.39, 0.29) is 42.6 Å². The largest absolute Gasteiger partial charge is 0.598 e. The van der Waals surface area contributed by atoms with Crippen LogP contribution in [0.3, 0.4) is 0 Å². The van der Waals surface area contributed by atoms with Gasteiger partial charge in [-0.25, -0.2) is 9.18 Å². The molecule has 1 aliphatic rings. The van der Waals surface area contributed by atoms with Crippen LogP contribution in [0.5, 0.6) is 5.75 Å². The minimum Gasteiger partial charge on any atom is -0.598 e. The van der Waals surface area contributed by atoms with Gasteiger partial charge in [0.1, 0.15) is 34.4 Å². The predicted octanol–water partition coefficient (Wildman–Crippen LogP) is 6.39. The van der Waals surface area contributed by atoms with Crippen molar-refractivity contribution in [3.63, 3.8) is 0 Å². The smallest absolute Gasteiger partial charge is 0.410 e. The van der Waals surface area contributed by atoms with Gasteiger partial charge in [0.2, 0.25) is 0 Å². The lowest BCUT2D eigenvalue weighted by Gasteiger charge is -2.42. The highest BCUT2D eigenvalue weighted by Crippen LogP contribution is 2.45. The molecule has 0 spiro atoms. The van der Waals surface area contributed by atoms with E-state index in [9.17, 15) is 9.35 Å². The molecule has 1 amide bonds. The number of nitrogens with one attached hydrogen (secondary N) is 1. The monoisotopic (exact) mass is 536 g/mol. The van der Waals surface area contributed by atoms with E-state index in [0.29, 0.717) is 11.3 Å². The molecule has 10 heteroatoms. The molecule has 2 unspecified atom stereocenters. The van der Waals surface area contributed by atoms with E-state index < -0.39 is 39.5 Å². The number of amides is 1. The SMILES string of the molecule is C=CCOc1cc(Cl)c(Cl)cc1C(N[S+]([O-])C(C)(C)C)C1(F)CCN(C(=O)OC(C)(C)C)CC1. The molecule has 1 aromatic rings. The number of carbonyl (C=O) groups excluding carboxylic acids is 1. The van der Waals surface area contributed by atoms with Gasteiger partial charge >= 0.3 is 6.09 Å². The van der Waals surface area contributed by atoms with Crippen molar-refractivity contribution < 1.29 is 23.2 Å². The summed E-state index contributed by atoms with van der Waals surface area (Å²) in [5.41, 5.74) is -2.09. The number of ether oxygens (including phenoxy) is 2. The first-order valence-corrected chi connectivity index (χ1v) is 13.1. The van der Waals surface area contributed by atoms with Gasteiger partial charge in [-0.1, -0.05) is 35.9 Å². The molecule has 1 heterocycles. The molecule has 0 saturated carbocycles. The van der Waals surface area contributed by atoms with E-state index in [1.54, 1.807) is 53.7 Å². The van der Waals surface area contributed by atoms with Crippen LogP contribution in [0.2, 0.25) is 10.0 Å². The van der Waals surface area contributed by atoms with Crippen molar-refractivity contribution in [3.8, 4) is 5.75 Å². The number of hydrogen-bond donors (Lipinski definition) is 1. The second kappa shape index (κ2) is 11.2. The topological polar surface area (TPSA) is 73.9 Å². The zero-order chi connectivity index (χ0) is 25.9. The van der Waals surface area contributed by atoms with E-state index in [1.165, 1.54) is 11.0 Å². The lowest BCUT2D eigenvalue weighted by Crippen LogP contribution is -2.54. The van der Waals surface area contributed by atoms with Crippen LogP contribution >= 0.6 is 23.2 Å². The number of nitrogens with zero attached hydrogens (tertiary/aromatic N) is 1. The van der Waals surface area contributed by atoms with Crippen molar-refractivity contribution in [1.29, 1.82) is 0 Å². The van der Waals surface area contributed by atoms with Crippen LogP contribution in [0.1, 0.15) is 66.0 Å². The summed E-state index contributed by atoms with van der Waals surface area (Å²) >= 11 is 10.9. The third kappa shape index (κ3) is 7.65. The molecule has 1 saturated heterocycles. The number of benzene rings is 1. The van der Waals surface area contributed by atoms with Crippen molar-refractivity contribution in [1.82, 2.24) is 9.62 Å². The van der Waals surface area contributed by atoms with Crippen molar-refractivity contribution in [2.75, 3.05) is 19.7 Å². The molecule has 192 valence electrons. The second-order valence-electron chi connectivity index (χ2n) is 10.3. The molecule has 0 aromatic heterocycles. The van der Waals surface area contributed by atoms with Gasteiger partial charge in [0.05, 0.1) is 10.0 Å². The first-order valence-electron chi connectivity index (χ1n) is 11.1. The summed E-state index contributed by atoms with van der Waals surface area (Å²) in [6.45, 7) is 14.9. The molecule has 0 radical (unpaired) electrons. The van der Waals surface area contributed by atoms with Gasteiger partial charge in [0.25, 0.3) is 0 Å². The van der Waals surface area contributed by atoms with Gasteiger partial charge in [-0.15, -0.1) is 4.72 Å². The first-order chi connectivity index (χ1) is 15.6. The molecule has 2 rings (SSSR count). The lowest BCUT2D eigenvalue weighted by atomic mass is 9.82. The van der Waals surface area contributed by atoms with E-state index in [1.807, 2.05) is 0 Å². The molecule has 34 heavy (non-hydrogen) atoms. The Balaban J connectivity index is 2.42. The molecular formula is C24H35Cl2FN2O4S. The molecule has 1 N–H and O–H groups in total. The highest BCUT2D eigenvalue weighted by Gasteiger charge is 2.48. The highest BCUT2D eigenvalue weighted by atomic mass is 35.5. The second-order valence-corrected chi connectivity index (χ2v) is 13.2. The Labute approximate surface area is 215 Å². The van der Waals surface area contributed by atoms with Gasteiger partial charge in [0, 0.05) is 48.9 Å². The van der Waals surface area contributed by atoms with Gasteiger partial charge in [0.15, 0.2) is 0 Å². The lowest BCUT2D eigenvalue weighted by molar-refractivity contribution is -0.00522. The van der Waals surface area contributed by atoms with E-state index >= 15 is 4.39 Å². The average Bonchev–Trinajstić information content (AvgIpc) is 2.71. The first kappa shape index (κ1) is 29.0. The molecule has 0 aliphatic carbocycles. The van der Waals surface area contributed by atoms with Gasteiger partial charge in [-0.3, -0.25) is 0 Å². The summed E-state index contributed by atoms with van der Waals surface area (Å²) in [6, 6.07) is 2.04. The Bertz CT molecular complexity index is 881. The molecule has 2 atom stereocenters. The van der Waals surface area contributed by atoms with Crippen LogP contribution in [-0.4, -0.2) is 51.3 Å². The quantitative estimate of drug-likeness (QED) is 0.322. The van der Waals surface area contributed by atoms with Crippen molar-refractivity contribution in [2.45, 2.75) is 76.4 Å². The van der Waals surface area contributed by atoms with Crippen LogP contribution in [-0.2, 0) is 16.1 Å². The molecular weight excluding hydrogens is 502 g/mol. The summed E-state index contributed by atoms with van der Waals surface area (Å²) in [4.78, 5) is 14.0. The summed E-state index contributed by atoms with van der Waals surface area (Å²) in [5.74, 6) is 0.323. The third-order valence-corrected chi connectivity index (χ3v) is 7.55. The Kier molecular flexibility index (Phi) is 9.61. The molecule has 1 fully saturated rings. The third-order valence-electron chi connectivity index (χ3n) is 5.27. The van der Waals surface area contributed by atoms with Crippen LogP contribution in [0.25, 0.3) is 0 Å². The molecule has 1 aliphatic heterocycles. The number of likely N-dealkylation sites (tertiary alicyclic amines) is 1. The minimum atomic E-state index is -1.84. The fourth-order valence-electron chi connectivity index (χ4n) is 3.45. The number of hydrogen-bond acceptors (Lipinski definition) is 5. The number of halogens is 3. The number of alkyl halides is 1. The van der Waals surface area contributed by atoms with Crippen molar-refractivity contribution >= 4 is 40.7 Å². The number of rotatable bonds is 7. The summed E-state index contributed by atoms with van der Waals surface area (Å²) in [6.07, 6.45) is 1.09. The number of carbonyl (C=O) groups is 1. The van der Waals surface area contributed by atoms with Crippen LogP contribution in [0.4, 0.5) is 9.18 Å². The zero-order valence-electron chi connectivity index (χ0n) is 20.7. The maximum atomic E-state index is 16.7. The summed E-state index contributed by atoms with van der Waals surface area (Å²) in [5, 5.41) is 0.485. The molecule has 6 nitrogen and oxygen atoms in total. The van der Waals surface area contributed by atoms with Crippen LogP contribution in [0, 0.1) is 0 Å². The Morgan fingerprint density at radius 2 is 1.82 bits per heavy atom. The fraction of sp³-hybridized carbons (Fsp3) is 0.625. The molecule has 0 bridgehead atoms. The van der Waals surface area contributed by atoms with Crippen LogP contribution < -0.4 is 9.46 Å². The van der Waals surface area contributed by atoms with E-state index in [0.717, 1.165) is 0 Å². The summed E-state index contributed by atoms with van der Waals surface area (Å²) in [7, 11) is 0. The van der Waals surface area contributed by atoms with Gasteiger partial charge in [-0.05, 0) is 47.6 Å². The van der Waals surface area contributed by atoms with E-state index in [4.69, 9.17) is 32.7 Å². The Hall–Kier alpha value is -1.19. The van der Waals surface area contributed by atoms with Crippen LogP contribution in [0.15, 0.2) is 24.8 Å². The van der Waals surface area contributed by atoms with Gasteiger partial charge < -0.3 is 18.9 Å². The van der Waals surface area contributed by atoms with Gasteiger partial charge in [-0.2, -0.15) is 0 Å². The fourth-order valence-corrected chi connectivity index (χ4v) is 4.68. The van der Waals surface area contributed by atoms with Crippen molar-refractivity contribution in [2.24, 2.45) is 0 Å². The zero-order valence-corrected chi connectivity index (χ0v) is 23.0. The highest BCUT2D eigenvalue weighted by molar-refractivity contribution is 7.90. The Morgan fingerprint density at radius 1 is 1.26 bits per heavy atom. The molecule has 1 aromatic carbocycles. The maximum Gasteiger partial charge on any atom is 0.410 e. The predicted molar refractivity (Wildman–Crippen MR) is 137 cm³/mol. The minimum absolute atomic E-state index is 0.00635. The van der Waals surface area contributed by atoms with E-state index in [2.05, 4.69) is 11.3 Å². The maximum absolute atomic E-state index is 16.7. The summed E-state index contributed by atoms with van der Waals surface area (Å²) < 4.78 is 43.3. The number of piperidine rings is 1. The average molecular weight is 538 g/mol. The standard InChI is InChI=1S/C24H35Cl2FN2O4S/c1-8-13-32-19-15-18(26)17(25)14-16(19)20(28-34(31)23(5,6)7)24(27)9-11-29(12-10-24)21(30)33-22(2,3)4/h8,14-15,20,28H,1,9-13H2,2-7H3. The van der Waals surface area contributed by atoms with Crippen molar-refractivity contribution in [3.05, 3.63) is 40.4 Å². The normalized spacial score (nSPS) is 18.2.